The molecule has 0 saturated heterocycles. The van der Waals surface area contributed by atoms with Gasteiger partial charge in [-0.25, -0.2) is 14.3 Å². The van der Waals surface area contributed by atoms with E-state index in [0.717, 1.165) is 17.3 Å². The van der Waals surface area contributed by atoms with Crippen molar-refractivity contribution in [2.45, 2.75) is 25.4 Å². The van der Waals surface area contributed by atoms with Gasteiger partial charge >= 0.3 is 0 Å². The molecule has 0 spiro atoms. The number of carbonyl (C=O) groups is 3. The summed E-state index contributed by atoms with van der Waals surface area (Å²) in [5, 5.41) is 5.72. The average molecular weight is 530 g/mol. The normalized spacial score (nSPS) is 15.8. The Balaban J connectivity index is 1.25. The smallest absolute Gasteiger partial charge is 0.259 e. The second-order valence-corrected chi connectivity index (χ2v) is 9.61. The molecule has 5 rings (SSSR count). The van der Waals surface area contributed by atoms with Crippen molar-refractivity contribution in [3.63, 3.8) is 0 Å². The van der Waals surface area contributed by atoms with Gasteiger partial charge in [-0.05, 0) is 36.2 Å². The number of fused-ring (bicyclic) bond motifs is 3. The first-order valence-corrected chi connectivity index (χ1v) is 13.1. The summed E-state index contributed by atoms with van der Waals surface area (Å²) in [7, 11) is 0. The molecule has 0 radical (unpaired) electrons. The topological polar surface area (TPSA) is 103 Å². The lowest BCUT2D eigenvalue weighted by Crippen LogP contribution is -2.41. The third-order valence-corrected chi connectivity index (χ3v) is 6.94. The number of aliphatic imine (C=N–C) groups is 2. The first-order chi connectivity index (χ1) is 18.5. The first kappa shape index (κ1) is 25.3. The Morgan fingerprint density at radius 3 is 2.50 bits per heavy atom. The summed E-state index contributed by atoms with van der Waals surface area (Å²) in [6.07, 6.45) is 0.382. The van der Waals surface area contributed by atoms with E-state index in [9.17, 15) is 18.8 Å². The Morgan fingerprint density at radius 2 is 1.68 bits per heavy atom. The van der Waals surface area contributed by atoms with Gasteiger partial charge in [0.25, 0.3) is 5.91 Å². The number of nitrogens with zero attached hydrogens (tertiary/aromatic N) is 3. The molecule has 2 N–H and O–H groups in total. The summed E-state index contributed by atoms with van der Waals surface area (Å²) < 4.78 is 13.9. The van der Waals surface area contributed by atoms with Gasteiger partial charge in [0.05, 0.1) is 17.1 Å². The van der Waals surface area contributed by atoms with Crippen molar-refractivity contribution in [3.05, 3.63) is 95.8 Å². The van der Waals surface area contributed by atoms with Gasteiger partial charge in [-0.15, -0.1) is 0 Å². The van der Waals surface area contributed by atoms with Crippen LogP contribution in [0.5, 0.6) is 0 Å². The van der Waals surface area contributed by atoms with Crippen LogP contribution in [0.2, 0.25) is 0 Å². The number of carbonyl (C=O) groups excluding carboxylic acids is 3. The van der Waals surface area contributed by atoms with Crippen molar-refractivity contribution < 1.29 is 18.8 Å². The van der Waals surface area contributed by atoms with Crippen molar-refractivity contribution in [2.75, 3.05) is 11.1 Å². The Morgan fingerprint density at radius 1 is 0.947 bits per heavy atom. The Kier molecular flexibility index (Phi) is 7.60. The number of hydrogen-bond donors (Lipinski definition) is 2. The second-order valence-electron chi connectivity index (χ2n) is 8.67. The minimum absolute atomic E-state index is 0.0825. The van der Waals surface area contributed by atoms with Gasteiger partial charge in [0.1, 0.15) is 17.7 Å². The van der Waals surface area contributed by atoms with E-state index in [0.29, 0.717) is 28.8 Å². The van der Waals surface area contributed by atoms with Gasteiger partial charge < -0.3 is 10.6 Å². The van der Waals surface area contributed by atoms with E-state index in [2.05, 4.69) is 20.6 Å². The molecule has 192 valence electrons. The molecule has 0 saturated carbocycles. The highest BCUT2D eigenvalue weighted by atomic mass is 32.2. The van der Waals surface area contributed by atoms with E-state index in [-0.39, 0.29) is 36.1 Å². The lowest BCUT2D eigenvalue weighted by atomic mass is 10.1. The number of rotatable bonds is 8. The number of anilines is 1. The summed E-state index contributed by atoms with van der Waals surface area (Å²) in [6.45, 7) is 0.411. The van der Waals surface area contributed by atoms with Crippen molar-refractivity contribution in [1.29, 1.82) is 0 Å². The number of nitrogens with one attached hydrogen (secondary N) is 2. The number of hydrogen-bond acceptors (Lipinski definition) is 6. The van der Waals surface area contributed by atoms with E-state index in [1.165, 1.54) is 23.1 Å². The second kappa shape index (κ2) is 11.4. The monoisotopic (exact) mass is 529 g/mol. The minimum Gasteiger partial charge on any atom is -0.352 e. The third kappa shape index (κ3) is 5.65. The Hall–Kier alpha value is -4.31. The zero-order chi connectivity index (χ0) is 26.5. The quantitative estimate of drug-likeness (QED) is 0.455. The maximum Gasteiger partial charge on any atom is 0.259 e. The highest BCUT2D eigenvalue weighted by Crippen LogP contribution is 2.34. The van der Waals surface area contributed by atoms with Crippen LogP contribution in [-0.2, 0) is 20.9 Å². The van der Waals surface area contributed by atoms with E-state index in [4.69, 9.17) is 0 Å². The summed E-state index contributed by atoms with van der Waals surface area (Å²) in [5.74, 6) is -1.06. The predicted octanol–water partition coefficient (Wildman–Crippen LogP) is 4.25. The highest BCUT2D eigenvalue weighted by molar-refractivity contribution is 8.14. The lowest BCUT2D eigenvalue weighted by Gasteiger charge is -2.25. The van der Waals surface area contributed by atoms with Crippen LogP contribution >= 0.6 is 11.8 Å². The van der Waals surface area contributed by atoms with Gasteiger partial charge in [0.2, 0.25) is 11.8 Å². The average Bonchev–Trinajstić information content (AvgIpc) is 3.27. The summed E-state index contributed by atoms with van der Waals surface area (Å²) in [4.78, 5) is 49.0. The fourth-order valence-electron chi connectivity index (χ4n) is 4.12. The van der Waals surface area contributed by atoms with Gasteiger partial charge in [-0.2, -0.15) is 0 Å². The number of benzene rings is 3. The van der Waals surface area contributed by atoms with Crippen molar-refractivity contribution in [3.8, 4) is 0 Å². The molecule has 2 aliphatic rings. The fourth-order valence-corrected chi connectivity index (χ4v) is 4.92. The molecule has 8 nitrogen and oxygen atoms in total. The van der Waals surface area contributed by atoms with Crippen LogP contribution < -0.4 is 10.6 Å². The van der Waals surface area contributed by atoms with Crippen molar-refractivity contribution >= 4 is 51.9 Å². The molecule has 2 heterocycles. The van der Waals surface area contributed by atoms with Crippen molar-refractivity contribution in [2.24, 2.45) is 9.98 Å². The lowest BCUT2D eigenvalue weighted by molar-refractivity contribution is -0.125. The standard InChI is InChI=1S/C28H24FN5O3S/c29-20-11-5-7-13-22(20)31-25(36)17-38-28-33-21-12-6-4-10-19(21)26-32-23(27(37)34(26)28)14-15-24(35)30-16-18-8-2-1-3-9-18/h1-13,23H,14-17H2,(H,30,35)(H,31,36). The van der Waals surface area contributed by atoms with Crippen LogP contribution in [0.4, 0.5) is 15.8 Å². The van der Waals surface area contributed by atoms with Gasteiger partial charge in [0, 0.05) is 18.5 Å². The maximum absolute atomic E-state index is 13.9. The molecule has 38 heavy (non-hydrogen) atoms. The number of halogens is 1. The zero-order valence-electron chi connectivity index (χ0n) is 20.3. The molecule has 3 aromatic carbocycles. The van der Waals surface area contributed by atoms with E-state index in [1.54, 1.807) is 6.07 Å². The van der Waals surface area contributed by atoms with Crippen LogP contribution in [0.3, 0.4) is 0 Å². The molecule has 0 aromatic heterocycles. The Labute approximate surface area is 223 Å². The zero-order valence-corrected chi connectivity index (χ0v) is 21.1. The SMILES string of the molecule is O=C(CCC1N=C2c3ccccc3N=C(SCC(=O)Nc3ccccc3F)N2C1=O)NCc1ccccc1. The van der Waals surface area contributed by atoms with E-state index < -0.39 is 17.8 Å². The molecule has 0 aliphatic carbocycles. The van der Waals surface area contributed by atoms with Crippen LogP contribution in [-0.4, -0.2) is 45.4 Å². The van der Waals surface area contributed by atoms with Crippen LogP contribution in [0, 0.1) is 5.82 Å². The molecule has 3 amide bonds. The Bertz CT molecular complexity index is 1440. The third-order valence-electron chi connectivity index (χ3n) is 6.01. The molecule has 0 fully saturated rings. The maximum atomic E-state index is 13.9. The number of para-hydroxylation sites is 2. The molecule has 2 aliphatic heterocycles. The summed E-state index contributed by atoms with van der Waals surface area (Å²) in [6, 6.07) is 22.1. The molecular formula is C28H24FN5O3S. The first-order valence-electron chi connectivity index (χ1n) is 12.1. The van der Waals surface area contributed by atoms with Crippen LogP contribution in [0.25, 0.3) is 0 Å². The summed E-state index contributed by atoms with van der Waals surface area (Å²) in [5.41, 5.74) is 2.41. The number of thioether (sulfide) groups is 1. The molecule has 3 aromatic rings. The number of amidine groups is 2. The van der Waals surface area contributed by atoms with Crippen molar-refractivity contribution in [1.82, 2.24) is 10.2 Å². The van der Waals surface area contributed by atoms with Crippen LogP contribution in [0.15, 0.2) is 88.8 Å². The van der Waals surface area contributed by atoms with Gasteiger partial charge in [-0.1, -0.05) is 66.4 Å². The van der Waals surface area contributed by atoms with Crippen LogP contribution in [0.1, 0.15) is 24.0 Å². The predicted molar refractivity (Wildman–Crippen MR) is 146 cm³/mol. The molecule has 1 atom stereocenters. The summed E-state index contributed by atoms with van der Waals surface area (Å²) >= 11 is 1.07. The fraction of sp³-hybridized carbons (Fsp3) is 0.179. The largest absolute Gasteiger partial charge is 0.352 e. The minimum atomic E-state index is -0.739. The molecular weight excluding hydrogens is 505 g/mol. The number of amides is 3. The molecule has 0 bridgehead atoms. The van der Waals surface area contributed by atoms with E-state index in [1.807, 2.05) is 54.6 Å². The van der Waals surface area contributed by atoms with Gasteiger partial charge in [-0.3, -0.25) is 19.4 Å². The van der Waals surface area contributed by atoms with Gasteiger partial charge in [0.15, 0.2) is 5.17 Å². The molecule has 10 heteroatoms. The molecule has 1 unspecified atom stereocenters. The van der Waals surface area contributed by atoms with E-state index >= 15 is 0 Å². The highest BCUT2D eigenvalue weighted by Gasteiger charge is 2.41.